The molecule has 3 rings (SSSR count). The van der Waals surface area contributed by atoms with Crippen LogP contribution in [0.1, 0.15) is 49.5 Å². The molecular formula is C20H29N3O3S2. The first kappa shape index (κ1) is 21.3. The molecule has 28 heavy (non-hydrogen) atoms. The van der Waals surface area contributed by atoms with Gasteiger partial charge in [0.1, 0.15) is 4.83 Å². The zero-order chi connectivity index (χ0) is 19.9. The van der Waals surface area contributed by atoms with E-state index < -0.39 is 0 Å². The minimum atomic E-state index is -0.0377. The Morgan fingerprint density at radius 1 is 1.32 bits per heavy atom. The second-order valence-corrected chi connectivity index (χ2v) is 9.11. The first-order chi connectivity index (χ1) is 13.7. The largest absolute Gasteiger partial charge is 0.385 e. The lowest BCUT2D eigenvalue weighted by atomic mass is 10.2. The molecule has 0 aliphatic heterocycles. The van der Waals surface area contributed by atoms with E-state index in [4.69, 9.17) is 9.72 Å². The van der Waals surface area contributed by atoms with Crippen LogP contribution >= 0.6 is 23.1 Å². The summed E-state index contributed by atoms with van der Waals surface area (Å²) in [6, 6.07) is 0. The summed E-state index contributed by atoms with van der Waals surface area (Å²) in [5.74, 6) is 0.230. The molecule has 1 N–H and O–H groups in total. The van der Waals surface area contributed by atoms with Crippen molar-refractivity contribution in [2.24, 2.45) is 0 Å². The van der Waals surface area contributed by atoms with Gasteiger partial charge in [-0.1, -0.05) is 31.5 Å². The molecule has 1 amide bonds. The molecule has 0 saturated carbocycles. The highest BCUT2D eigenvalue weighted by Crippen LogP contribution is 2.35. The van der Waals surface area contributed by atoms with Crippen LogP contribution in [-0.2, 0) is 28.9 Å². The summed E-state index contributed by atoms with van der Waals surface area (Å²) >= 11 is 3.02. The van der Waals surface area contributed by atoms with Gasteiger partial charge in [-0.3, -0.25) is 14.2 Å². The third kappa shape index (κ3) is 4.96. The third-order valence-corrected chi connectivity index (χ3v) is 7.12. The molecule has 2 aromatic heterocycles. The Hall–Kier alpha value is -1.38. The number of amides is 1. The molecule has 2 heterocycles. The number of carbonyl (C=O) groups is 1. The van der Waals surface area contributed by atoms with E-state index in [2.05, 4.69) is 12.2 Å². The fraction of sp³-hybridized carbons (Fsp3) is 0.650. The Morgan fingerprint density at radius 2 is 2.18 bits per heavy atom. The van der Waals surface area contributed by atoms with Crippen molar-refractivity contribution in [3.8, 4) is 0 Å². The van der Waals surface area contributed by atoms with E-state index in [1.165, 1.54) is 22.2 Å². The van der Waals surface area contributed by atoms with Crippen molar-refractivity contribution in [3.05, 3.63) is 20.8 Å². The van der Waals surface area contributed by atoms with Gasteiger partial charge in [0.15, 0.2) is 5.16 Å². The predicted octanol–water partition coefficient (Wildman–Crippen LogP) is 3.38. The molecule has 0 fully saturated rings. The summed E-state index contributed by atoms with van der Waals surface area (Å²) in [4.78, 5) is 32.3. The summed E-state index contributed by atoms with van der Waals surface area (Å²) in [6.45, 7) is 4.05. The van der Waals surface area contributed by atoms with E-state index >= 15 is 0 Å². The number of rotatable bonds is 11. The van der Waals surface area contributed by atoms with Gasteiger partial charge in [0.05, 0.1) is 11.1 Å². The van der Waals surface area contributed by atoms with Crippen LogP contribution in [0, 0.1) is 0 Å². The van der Waals surface area contributed by atoms with E-state index in [1.54, 1.807) is 23.0 Å². The molecule has 0 radical (unpaired) electrons. The van der Waals surface area contributed by atoms with Crippen molar-refractivity contribution in [3.63, 3.8) is 0 Å². The van der Waals surface area contributed by atoms with E-state index in [0.29, 0.717) is 24.9 Å². The van der Waals surface area contributed by atoms with Crippen molar-refractivity contribution >= 4 is 39.2 Å². The fourth-order valence-electron chi connectivity index (χ4n) is 3.51. The fourth-order valence-corrected chi connectivity index (χ4v) is 5.67. The average Bonchev–Trinajstić information content (AvgIpc) is 3.26. The van der Waals surface area contributed by atoms with E-state index in [1.807, 2.05) is 0 Å². The summed E-state index contributed by atoms with van der Waals surface area (Å²) in [5.41, 5.74) is 1.29. The van der Waals surface area contributed by atoms with Crippen LogP contribution in [0.4, 0.5) is 0 Å². The first-order valence-electron chi connectivity index (χ1n) is 10.1. The second-order valence-electron chi connectivity index (χ2n) is 7.08. The van der Waals surface area contributed by atoms with Crippen LogP contribution in [0.3, 0.4) is 0 Å². The highest BCUT2D eigenvalue weighted by Gasteiger charge is 2.23. The topological polar surface area (TPSA) is 73.2 Å². The third-order valence-electron chi connectivity index (χ3n) is 4.95. The number of methoxy groups -OCH3 is 1. The lowest BCUT2D eigenvalue weighted by Crippen LogP contribution is -2.28. The molecule has 0 unspecified atom stereocenters. The number of aromatic nitrogens is 2. The van der Waals surface area contributed by atoms with Gasteiger partial charge >= 0.3 is 0 Å². The number of thioether (sulfide) groups is 1. The lowest BCUT2D eigenvalue weighted by Gasteiger charge is -2.12. The molecule has 8 heteroatoms. The minimum absolute atomic E-state index is 0.0377. The van der Waals surface area contributed by atoms with Crippen LogP contribution in [0.15, 0.2) is 9.95 Å². The van der Waals surface area contributed by atoms with Crippen molar-refractivity contribution < 1.29 is 9.53 Å². The molecule has 0 spiro atoms. The molecule has 6 nitrogen and oxygen atoms in total. The van der Waals surface area contributed by atoms with E-state index in [9.17, 15) is 9.59 Å². The minimum Gasteiger partial charge on any atom is -0.385 e. The van der Waals surface area contributed by atoms with Gasteiger partial charge in [0, 0.05) is 31.7 Å². The highest BCUT2D eigenvalue weighted by atomic mass is 32.2. The van der Waals surface area contributed by atoms with Crippen molar-refractivity contribution in [1.29, 1.82) is 0 Å². The number of thiophene rings is 1. The Kier molecular flexibility index (Phi) is 7.93. The average molecular weight is 424 g/mol. The van der Waals surface area contributed by atoms with Gasteiger partial charge in [-0.2, -0.15) is 0 Å². The molecule has 1 aliphatic carbocycles. The Balaban J connectivity index is 1.78. The first-order valence-corrected chi connectivity index (χ1v) is 11.9. The van der Waals surface area contributed by atoms with Gasteiger partial charge < -0.3 is 10.1 Å². The predicted molar refractivity (Wildman–Crippen MR) is 116 cm³/mol. The lowest BCUT2D eigenvalue weighted by molar-refractivity contribution is -0.118. The Bertz CT molecular complexity index is 876. The number of unbranched alkanes of at least 4 members (excludes halogenated alkanes) is 2. The van der Waals surface area contributed by atoms with Crippen LogP contribution < -0.4 is 10.9 Å². The van der Waals surface area contributed by atoms with Gasteiger partial charge in [-0.25, -0.2) is 4.98 Å². The van der Waals surface area contributed by atoms with Gasteiger partial charge in [-0.05, 0) is 37.7 Å². The number of carbonyl (C=O) groups excluding carboxylic acids is 1. The molecule has 154 valence electrons. The highest BCUT2D eigenvalue weighted by molar-refractivity contribution is 7.99. The molecule has 1 aliphatic rings. The van der Waals surface area contributed by atoms with Crippen LogP contribution in [0.5, 0.6) is 0 Å². The van der Waals surface area contributed by atoms with Gasteiger partial charge in [0.25, 0.3) is 5.56 Å². The number of aryl methyl sites for hydroxylation is 2. The summed E-state index contributed by atoms with van der Waals surface area (Å²) in [7, 11) is 1.65. The van der Waals surface area contributed by atoms with E-state index in [-0.39, 0.29) is 17.2 Å². The normalized spacial score (nSPS) is 13.2. The van der Waals surface area contributed by atoms with E-state index in [0.717, 1.165) is 55.2 Å². The number of hydrogen-bond donors (Lipinski definition) is 1. The van der Waals surface area contributed by atoms with Crippen LogP contribution in [0.25, 0.3) is 10.2 Å². The molecular weight excluding hydrogens is 394 g/mol. The molecule has 0 aromatic carbocycles. The zero-order valence-electron chi connectivity index (χ0n) is 16.7. The number of fused-ring (bicyclic) bond motifs is 3. The quantitative estimate of drug-likeness (QED) is 0.341. The maximum absolute atomic E-state index is 13.3. The van der Waals surface area contributed by atoms with Crippen molar-refractivity contribution in [2.45, 2.75) is 63.6 Å². The molecule has 0 bridgehead atoms. The zero-order valence-corrected chi connectivity index (χ0v) is 18.3. The number of nitrogens with one attached hydrogen (secondary N) is 1. The second kappa shape index (κ2) is 10.4. The van der Waals surface area contributed by atoms with Crippen molar-refractivity contribution in [1.82, 2.24) is 14.9 Å². The Labute approximate surface area is 174 Å². The van der Waals surface area contributed by atoms with Crippen molar-refractivity contribution in [2.75, 3.05) is 26.0 Å². The maximum atomic E-state index is 13.3. The van der Waals surface area contributed by atoms with Gasteiger partial charge in [-0.15, -0.1) is 11.3 Å². The van der Waals surface area contributed by atoms with Crippen LogP contribution in [0.2, 0.25) is 0 Å². The van der Waals surface area contributed by atoms with Gasteiger partial charge in [0.2, 0.25) is 5.91 Å². The standard InChI is InChI=1S/C20H29N3O3S2/c1-3-4-5-11-23-19(25)17-14-8-6-9-15(14)28-18(17)22-20(23)27-13-16(24)21-10-7-12-26-2/h3-13H2,1-2H3,(H,21,24). The molecule has 2 aromatic rings. The number of ether oxygens (including phenoxy) is 1. The smallest absolute Gasteiger partial charge is 0.263 e. The SMILES string of the molecule is CCCCCn1c(SCC(=O)NCCCOC)nc2sc3c(c2c1=O)CCC3. The summed E-state index contributed by atoms with van der Waals surface area (Å²) in [6.07, 6.45) is 7.09. The summed E-state index contributed by atoms with van der Waals surface area (Å²) < 4.78 is 6.79. The molecule has 0 saturated heterocycles. The Morgan fingerprint density at radius 3 is 2.96 bits per heavy atom. The number of nitrogens with zero attached hydrogens (tertiary/aromatic N) is 2. The summed E-state index contributed by atoms with van der Waals surface area (Å²) in [5, 5.41) is 4.38. The number of hydrogen-bond acceptors (Lipinski definition) is 6. The molecule has 0 atom stereocenters. The maximum Gasteiger partial charge on any atom is 0.263 e. The van der Waals surface area contributed by atoms with Crippen LogP contribution in [-0.4, -0.2) is 41.5 Å². The monoisotopic (exact) mass is 423 g/mol.